The fourth-order valence-corrected chi connectivity index (χ4v) is 1.79. The van der Waals surface area contributed by atoms with Gasteiger partial charge in [-0.15, -0.1) is 0 Å². The van der Waals surface area contributed by atoms with Crippen molar-refractivity contribution < 1.29 is 13.6 Å². The maximum atomic E-state index is 11.5. The first kappa shape index (κ1) is 15.5. The van der Waals surface area contributed by atoms with Crippen LogP contribution in [0.1, 0.15) is 26.7 Å². The van der Waals surface area contributed by atoms with Gasteiger partial charge in [0.1, 0.15) is 0 Å². The van der Waals surface area contributed by atoms with Crippen LogP contribution in [0.5, 0.6) is 0 Å². The summed E-state index contributed by atoms with van der Waals surface area (Å²) in [6.07, 6.45) is 1.36. The van der Waals surface area contributed by atoms with Crippen LogP contribution in [0, 0.1) is 5.92 Å². The Morgan fingerprint density at radius 1 is 1.44 bits per heavy atom. The summed E-state index contributed by atoms with van der Waals surface area (Å²) < 4.78 is 19.0. The molecule has 0 bridgehead atoms. The molecular weight excluding hydrogens is 228 g/mol. The van der Waals surface area contributed by atoms with E-state index in [9.17, 15) is 9.00 Å². The van der Waals surface area contributed by atoms with Crippen molar-refractivity contribution in [3.05, 3.63) is 0 Å². The molecule has 0 aromatic rings. The predicted octanol–water partition coefficient (Wildman–Crippen LogP) is 0.348. The van der Waals surface area contributed by atoms with Gasteiger partial charge in [-0.05, 0) is 25.3 Å². The molecule has 3 N–H and O–H groups in total. The molecule has 0 saturated carbocycles. The maximum absolute atomic E-state index is 11.5. The van der Waals surface area contributed by atoms with Crippen LogP contribution in [0.4, 0.5) is 0 Å². The Balaban J connectivity index is 3.92. The van der Waals surface area contributed by atoms with Crippen molar-refractivity contribution in [3.63, 3.8) is 0 Å². The van der Waals surface area contributed by atoms with E-state index in [0.717, 1.165) is 6.42 Å². The van der Waals surface area contributed by atoms with Crippen molar-refractivity contribution in [2.75, 3.05) is 19.3 Å². The molecule has 6 heteroatoms. The van der Waals surface area contributed by atoms with Crippen LogP contribution in [0.3, 0.4) is 0 Å². The molecule has 5 nitrogen and oxygen atoms in total. The molecule has 0 saturated heterocycles. The zero-order valence-corrected chi connectivity index (χ0v) is 11.0. The lowest BCUT2D eigenvalue weighted by Crippen LogP contribution is -2.44. The highest BCUT2D eigenvalue weighted by Gasteiger charge is 2.17. The number of amides is 1. The molecule has 0 aliphatic carbocycles. The molecule has 96 valence electrons. The Kier molecular flexibility index (Phi) is 8.42. The number of carbonyl (C=O) groups excluding carboxylic acids is 1. The molecule has 0 fully saturated rings. The Bertz CT molecular complexity index is 234. The van der Waals surface area contributed by atoms with Crippen LogP contribution in [0.2, 0.25) is 0 Å². The van der Waals surface area contributed by atoms with E-state index in [2.05, 4.69) is 24.5 Å². The second kappa shape index (κ2) is 8.66. The van der Waals surface area contributed by atoms with Gasteiger partial charge >= 0.3 is 0 Å². The predicted molar refractivity (Wildman–Crippen MR) is 65.6 cm³/mol. The highest BCUT2D eigenvalue weighted by Crippen LogP contribution is 2.04. The molecule has 0 radical (unpaired) electrons. The van der Waals surface area contributed by atoms with Gasteiger partial charge in [0.2, 0.25) is 5.91 Å². The van der Waals surface area contributed by atoms with Gasteiger partial charge in [-0.2, -0.15) is 0 Å². The van der Waals surface area contributed by atoms with E-state index < -0.39 is 11.1 Å². The molecule has 0 aromatic carbocycles. The first-order valence-corrected chi connectivity index (χ1v) is 6.77. The van der Waals surface area contributed by atoms with Crippen molar-refractivity contribution >= 4 is 17.0 Å². The zero-order chi connectivity index (χ0) is 12.6. The monoisotopic (exact) mass is 250 g/mol. The van der Waals surface area contributed by atoms with Gasteiger partial charge in [0.15, 0.2) is 11.1 Å². The first-order valence-electron chi connectivity index (χ1n) is 5.49. The van der Waals surface area contributed by atoms with Crippen LogP contribution in [-0.4, -0.2) is 40.1 Å². The maximum Gasteiger partial charge on any atom is 0.236 e. The smallest absolute Gasteiger partial charge is 0.236 e. The average molecular weight is 250 g/mol. The van der Waals surface area contributed by atoms with Gasteiger partial charge in [-0.3, -0.25) is 4.79 Å². The van der Waals surface area contributed by atoms with Gasteiger partial charge in [0, 0.05) is 7.05 Å². The number of carbonyl (C=O) groups is 1. The Morgan fingerprint density at radius 3 is 2.50 bits per heavy atom. The highest BCUT2D eigenvalue weighted by molar-refractivity contribution is 7.79. The molecule has 0 heterocycles. The molecule has 2 atom stereocenters. The minimum Gasteiger partial charge on any atom is -0.358 e. The first-order chi connectivity index (χ1) is 7.47. The van der Waals surface area contributed by atoms with Gasteiger partial charge < -0.3 is 15.2 Å². The molecular formula is C10H22N2O3S. The topological polar surface area (TPSA) is 78.4 Å². The van der Waals surface area contributed by atoms with Crippen molar-refractivity contribution in [3.8, 4) is 0 Å². The molecule has 16 heavy (non-hydrogen) atoms. The Hall–Kier alpha value is -0.460. The quantitative estimate of drug-likeness (QED) is 0.429. The minimum atomic E-state index is -1.74. The van der Waals surface area contributed by atoms with Crippen molar-refractivity contribution in [1.29, 1.82) is 0 Å². The van der Waals surface area contributed by atoms with E-state index in [1.807, 2.05) is 0 Å². The minimum absolute atomic E-state index is 0.0289. The summed E-state index contributed by atoms with van der Waals surface area (Å²) in [5.74, 6) is 0.649. The largest absolute Gasteiger partial charge is 0.358 e. The summed E-state index contributed by atoms with van der Waals surface area (Å²) in [5, 5.41) is 5.71. The van der Waals surface area contributed by atoms with E-state index in [-0.39, 0.29) is 17.7 Å². The number of likely N-dealkylation sites (N-methyl/N-ethyl adjacent to an activating group) is 1. The third-order valence-electron chi connectivity index (χ3n) is 2.16. The van der Waals surface area contributed by atoms with Crippen LogP contribution in [0.25, 0.3) is 0 Å². The van der Waals surface area contributed by atoms with E-state index in [1.54, 1.807) is 7.05 Å². The van der Waals surface area contributed by atoms with Crippen molar-refractivity contribution in [1.82, 2.24) is 10.6 Å². The number of rotatable bonds is 8. The highest BCUT2D eigenvalue weighted by atomic mass is 32.2. The zero-order valence-electron chi connectivity index (χ0n) is 10.2. The number of hydrogen-bond acceptors (Lipinski definition) is 3. The Labute approximate surface area is 99.7 Å². The normalized spacial score (nSPS) is 14.8. The lowest BCUT2D eigenvalue weighted by Gasteiger charge is -2.18. The molecule has 0 spiro atoms. The third-order valence-corrected chi connectivity index (χ3v) is 2.79. The van der Waals surface area contributed by atoms with Crippen LogP contribution < -0.4 is 10.6 Å². The summed E-state index contributed by atoms with van der Waals surface area (Å²) in [4.78, 5) is 11.5. The van der Waals surface area contributed by atoms with Crippen LogP contribution in [0.15, 0.2) is 0 Å². The van der Waals surface area contributed by atoms with Crippen molar-refractivity contribution in [2.45, 2.75) is 32.7 Å². The van der Waals surface area contributed by atoms with Crippen molar-refractivity contribution in [2.24, 2.45) is 5.92 Å². The summed E-state index contributed by atoms with van der Waals surface area (Å²) >= 11 is -1.74. The summed E-state index contributed by atoms with van der Waals surface area (Å²) in [6, 6.07) is -0.211. The van der Waals surface area contributed by atoms with E-state index in [4.69, 9.17) is 4.55 Å². The summed E-state index contributed by atoms with van der Waals surface area (Å²) in [6.45, 7) is 4.69. The molecule has 0 aliphatic rings. The molecule has 0 aromatic heterocycles. The second-order valence-electron chi connectivity index (χ2n) is 4.13. The Morgan fingerprint density at radius 2 is 2.06 bits per heavy atom. The van der Waals surface area contributed by atoms with E-state index in [1.165, 1.54) is 0 Å². The summed E-state index contributed by atoms with van der Waals surface area (Å²) in [5.41, 5.74) is 0. The van der Waals surface area contributed by atoms with E-state index >= 15 is 0 Å². The molecule has 2 unspecified atom stereocenters. The van der Waals surface area contributed by atoms with Crippen LogP contribution in [-0.2, 0) is 15.9 Å². The van der Waals surface area contributed by atoms with Gasteiger partial charge in [0.25, 0.3) is 0 Å². The molecule has 1 amide bonds. The number of nitrogens with one attached hydrogen (secondary N) is 2. The fraction of sp³-hybridized carbons (Fsp3) is 0.900. The van der Waals surface area contributed by atoms with E-state index in [0.29, 0.717) is 18.9 Å². The SMILES string of the molecule is CNC(=O)C(CC(C)C)NCCCS(=O)O. The second-order valence-corrected chi connectivity index (χ2v) is 5.18. The molecule has 0 rings (SSSR count). The molecule has 0 aliphatic heterocycles. The van der Waals surface area contributed by atoms with Gasteiger partial charge in [-0.1, -0.05) is 13.8 Å². The fourth-order valence-electron chi connectivity index (χ4n) is 1.40. The number of hydrogen-bond donors (Lipinski definition) is 3. The summed E-state index contributed by atoms with van der Waals surface area (Å²) in [7, 11) is 1.61. The lowest BCUT2D eigenvalue weighted by atomic mass is 10.0. The van der Waals surface area contributed by atoms with Gasteiger partial charge in [0.05, 0.1) is 11.8 Å². The van der Waals surface area contributed by atoms with Gasteiger partial charge in [-0.25, -0.2) is 4.21 Å². The lowest BCUT2D eigenvalue weighted by molar-refractivity contribution is -0.123. The standard InChI is InChI=1S/C10H22N2O3S/c1-8(2)7-9(10(13)11-3)12-5-4-6-16(14)15/h8-9,12H,4-7H2,1-3H3,(H,11,13)(H,14,15). The third kappa shape index (κ3) is 7.78. The van der Waals surface area contributed by atoms with Crippen LogP contribution >= 0.6 is 0 Å². The average Bonchev–Trinajstić information content (AvgIpc) is 2.20.